The first-order valence-electron chi connectivity index (χ1n) is 4.75. The highest BCUT2D eigenvalue weighted by Gasteiger charge is 2.20. The van der Waals surface area contributed by atoms with Gasteiger partial charge in [0, 0.05) is 0 Å². The summed E-state index contributed by atoms with van der Waals surface area (Å²) in [5, 5.41) is 8.64. The van der Waals surface area contributed by atoms with Gasteiger partial charge in [-0.15, -0.1) is 0 Å². The van der Waals surface area contributed by atoms with Crippen LogP contribution in [0.3, 0.4) is 0 Å². The molecule has 0 N–H and O–H groups in total. The lowest BCUT2D eigenvalue weighted by Gasteiger charge is -2.10. The number of alkyl halides is 2. The standard InChI is InChI=1S/C11H10F2N2O2/c1-6-3-7(5-14)15-10(11(12)13)8(6)4-9(16)17-2/h3,11H,4H2,1-2H3. The third-order valence-electron chi connectivity index (χ3n) is 2.25. The van der Waals surface area contributed by atoms with Gasteiger partial charge in [-0.05, 0) is 24.1 Å². The number of aryl methyl sites for hydroxylation is 1. The van der Waals surface area contributed by atoms with Gasteiger partial charge < -0.3 is 4.74 Å². The van der Waals surface area contributed by atoms with Gasteiger partial charge in [0.2, 0.25) is 0 Å². The van der Waals surface area contributed by atoms with Crippen LogP contribution < -0.4 is 0 Å². The van der Waals surface area contributed by atoms with Gasteiger partial charge in [0.25, 0.3) is 6.43 Å². The van der Waals surface area contributed by atoms with E-state index in [1.165, 1.54) is 13.2 Å². The summed E-state index contributed by atoms with van der Waals surface area (Å²) < 4.78 is 29.9. The van der Waals surface area contributed by atoms with E-state index < -0.39 is 18.1 Å². The number of rotatable bonds is 3. The number of carbonyl (C=O) groups excluding carboxylic acids is 1. The van der Waals surface area contributed by atoms with E-state index in [1.807, 2.05) is 0 Å². The van der Waals surface area contributed by atoms with Crippen molar-refractivity contribution >= 4 is 5.97 Å². The Balaban J connectivity index is 3.27. The van der Waals surface area contributed by atoms with E-state index in [0.717, 1.165) is 0 Å². The molecule has 0 aliphatic carbocycles. The third-order valence-corrected chi connectivity index (χ3v) is 2.25. The van der Waals surface area contributed by atoms with E-state index in [9.17, 15) is 13.6 Å². The van der Waals surface area contributed by atoms with Gasteiger partial charge >= 0.3 is 5.97 Å². The predicted octanol–water partition coefficient (Wildman–Crippen LogP) is 1.91. The van der Waals surface area contributed by atoms with Gasteiger partial charge in [-0.25, -0.2) is 13.8 Å². The Hall–Kier alpha value is -2.03. The molecule has 0 unspecified atom stereocenters. The first kappa shape index (κ1) is 13.0. The second-order valence-corrected chi connectivity index (χ2v) is 3.35. The zero-order chi connectivity index (χ0) is 13.0. The number of ether oxygens (including phenoxy) is 1. The van der Waals surface area contributed by atoms with Crippen molar-refractivity contribution in [1.29, 1.82) is 5.26 Å². The molecule has 17 heavy (non-hydrogen) atoms. The normalized spacial score (nSPS) is 10.1. The molecule has 1 heterocycles. The van der Waals surface area contributed by atoms with Crippen LogP contribution in [-0.4, -0.2) is 18.1 Å². The summed E-state index contributed by atoms with van der Waals surface area (Å²) in [4.78, 5) is 14.6. The molecule has 90 valence electrons. The lowest BCUT2D eigenvalue weighted by molar-refractivity contribution is -0.139. The molecule has 0 fully saturated rings. The Morgan fingerprint density at radius 1 is 1.65 bits per heavy atom. The van der Waals surface area contributed by atoms with Crippen LogP contribution in [0.5, 0.6) is 0 Å². The Labute approximate surface area is 96.8 Å². The van der Waals surface area contributed by atoms with Gasteiger partial charge in [-0.2, -0.15) is 5.26 Å². The van der Waals surface area contributed by atoms with E-state index in [-0.39, 0.29) is 17.7 Å². The first-order chi connectivity index (χ1) is 7.99. The van der Waals surface area contributed by atoms with Crippen molar-refractivity contribution < 1.29 is 18.3 Å². The highest BCUT2D eigenvalue weighted by molar-refractivity contribution is 5.73. The Morgan fingerprint density at radius 3 is 2.76 bits per heavy atom. The van der Waals surface area contributed by atoms with Crippen molar-refractivity contribution in [3.8, 4) is 6.07 Å². The molecule has 0 amide bonds. The molecule has 0 bridgehead atoms. The van der Waals surface area contributed by atoms with E-state index >= 15 is 0 Å². The van der Waals surface area contributed by atoms with E-state index in [2.05, 4.69) is 9.72 Å². The average Bonchev–Trinajstić information content (AvgIpc) is 2.30. The summed E-state index contributed by atoms with van der Waals surface area (Å²) in [6, 6.07) is 3.06. The maximum Gasteiger partial charge on any atom is 0.310 e. The Morgan fingerprint density at radius 2 is 2.29 bits per heavy atom. The zero-order valence-electron chi connectivity index (χ0n) is 9.33. The van der Waals surface area contributed by atoms with Crippen molar-refractivity contribution in [3.05, 3.63) is 28.6 Å². The maximum absolute atomic E-state index is 12.8. The molecule has 1 aromatic rings. The largest absolute Gasteiger partial charge is 0.469 e. The quantitative estimate of drug-likeness (QED) is 0.757. The topological polar surface area (TPSA) is 63.0 Å². The molecule has 1 aromatic heterocycles. The van der Waals surface area contributed by atoms with Gasteiger partial charge in [-0.3, -0.25) is 4.79 Å². The minimum atomic E-state index is -2.83. The SMILES string of the molecule is COC(=O)Cc1c(C)cc(C#N)nc1C(F)F. The van der Waals surface area contributed by atoms with E-state index in [4.69, 9.17) is 5.26 Å². The molecule has 0 aliphatic heterocycles. The van der Waals surface area contributed by atoms with Crippen molar-refractivity contribution in [1.82, 2.24) is 4.98 Å². The highest BCUT2D eigenvalue weighted by atomic mass is 19.3. The van der Waals surface area contributed by atoms with Crippen molar-refractivity contribution in [3.63, 3.8) is 0 Å². The Bertz CT molecular complexity index is 481. The molecule has 0 radical (unpaired) electrons. The monoisotopic (exact) mass is 240 g/mol. The molecular weight excluding hydrogens is 230 g/mol. The van der Waals surface area contributed by atoms with Crippen LogP contribution in [0.25, 0.3) is 0 Å². The van der Waals surface area contributed by atoms with Crippen LogP contribution >= 0.6 is 0 Å². The summed E-state index contributed by atoms with van der Waals surface area (Å²) in [6.45, 7) is 1.55. The van der Waals surface area contributed by atoms with E-state index in [1.54, 1.807) is 13.0 Å². The van der Waals surface area contributed by atoms with Crippen LogP contribution in [0.1, 0.15) is 28.9 Å². The third kappa shape index (κ3) is 2.97. The number of esters is 1. The summed E-state index contributed by atoms with van der Waals surface area (Å²) in [5.41, 5.74) is -0.0820. The summed E-state index contributed by atoms with van der Waals surface area (Å²) in [7, 11) is 1.18. The fourth-order valence-electron chi connectivity index (χ4n) is 1.41. The highest BCUT2D eigenvalue weighted by Crippen LogP contribution is 2.24. The molecular formula is C11H10F2N2O2. The number of nitrogens with zero attached hydrogens (tertiary/aromatic N) is 2. The fraction of sp³-hybridized carbons (Fsp3) is 0.364. The number of methoxy groups -OCH3 is 1. The van der Waals surface area contributed by atoms with Crippen molar-refractivity contribution in [2.45, 2.75) is 19.8 Å². The summed E-state index contributed by atoms with van der Waals surface area (Å²) in [5.74, 6) is -0.624. The smallest absolute Gasteiger partial charge is 0.310 e. The first-order valence-corrected chi connectivity index (χ1v) is 4.75. The molecule has 0 atom stereocenters. The predicted molar refractivity (Wildman–Crippen MR) is 54.4 cm³/mol. The van der Waals surface area contributed by atoms with Crippen LogP contribution in [0, 0.1) is 18.3 Å². The number of nitriles is 1. The fourth-order valence-corrected chi connectivity index (χ4v) is 1.41. The number of pyridine rings is 1. The summed E-state index contributed by atoms with van der Waals surface area (Å²) >= 11 is 0. The lowest BCUT2D eigenvalue weighted by Crippen LogP contribution is -2.11. The van der Waals surface area contributed by atoms with Gasteiger partial charge in [-0.1, -0.05) is 0 Å². The molecule has 1 rings (SSSR count). The van der Waals surface area contributed by atoms with Crippen molar-refractivity contribution in [2.24, 2.45) is 0 Å². The van der Waals surface area contributed by atoms with Gasteiger partial charge in [0.15, 0.2) is 0 Å². The van der Waals surface area contributed by atoms with E-state index in [0.29, 0.717) is 5.56 Å². The molecule has 0 saturated heterocycles. The molecule has 0 spiro atoms. The summed E-state index contributed by atoms with van der Waals surface area (Å²) in [6.07, 6.45) is -3.11. The number of hydrogen-bond donors (Lipinski definition) is 0. The number of carbonyl (C=O) groups is 1. The van der Waals surface area contributed by atoms with Crippen molar-refractivity contribution in [2.75, 3.05) is 7.11 Å². The number of aromatic nitrogens is 1. The Kier molecular flexibility index (Phi) is 4.10. The molecule has 0 aliphatic rings. The number of halogens is 2. The minimum Gasteiger partial charge on any atom is -0.469 e. The van der Waals surface area contributed by atoms with Crippen LogP contribution in [-0.2, 0) is 16.0 Å². The molecule has 0 aromatic carbocycles. The minimum absolute atomic E-state index is 0.0913. The second kappa shape index (κ2) is 5.34. The maximum atomic E-state index is 12.8. The van der Waals surface area contributed by atoms with Crippen LogP contribution in [0.4, 0.5) is 8.78 Å². The zero-order valence-corrected chi connectivity index (χ0v) is 9.33. The molecule has 6 heteroatoms. The second-order valence-electron chi connectivity index (χ2n) is 3.35. The van der Waals surface area contributed by atoms with Crippen LogP contribution in [0.2, 0.25) is 0 Å². The molecule has 0 saturated carbocycles. The van der Waals surface area contributed by atoms with Gasteiger partial charge in [0.1, 0.15) is 17.5 Å². The molecule has 4 nitrogen and oxygen atoms in total. The average molecular weight is 240 g/mol. The van der Waals surface area contributed by atoms with Crippen LogP contribution in [0.15, 0.2) is 6.07 Å². The lowest BCUT2D eigenvalue weighted by atomic mass is 10.0. The van der Waals surface area contributed by atoms with Gasteiger partial charge in [0.05, 0.1) is 13.5 Å². The number of hydrogen-bond acceptors (Lipinski definition) is 4.